The molecule has 0 fully saturated rings. The summed E-state index contributed by atoms with van der Waals surface area (Å²) in [5, 5.41) is 9.42. The Morgan fingerprint density at radius 2 is 1.76 bits per heavy atom. The topological polar surface area (TPSA) is 123 Å². The molecule has 168 valence electrons. The Bertz CT molecular complexity index is 1380. The van der Waals surface area contributed by atoms with Gasteiger partial charge in [-0.25, -0.2) is 12.7 Å². The highest BCUT2D eigenvalue weighted by atomic mass is 32.2. The van der Waals surface area contributed by atoms with Crippen molar-refractivity contribution in [1.29, 1.82) is 5.26 Å². The van der Waals surface area contributed by atoms with E-state index < -0.39 is 21.5 Å². The van der Waals surface area contributed by atoms with Gasteiger partial charge in [0, 0.05) is 11.1 Å². The average Bonchev–Trinajstić information content (AvgIpc) is 3.07. The van der Waals surface area contributed by atoms with Crippen LogP contribution >= 0.6 is 0 Å². The van der Waals surface area contributed by atoms with E-state index in [4.69, 9.17) is 15.2 Å². The zero-order valence-corrected chi connectivity index (χ0v) is 18.8. The maximum Gasteiger partial charge on any atom is 0.270 e. The molecule has 1 atom stereocenters. The van der Waals surface area contributed by atoms with E-state index in [2.05, 4.69) is 0 Å². The van der Waals surface area contributed by atoms with Crippen molar-refractivity contribution in [1.82, 2.24) is 0 Å². The summed E-state index contributed by atoms with van der Waals surface area (Å²) < 4.78 is 38.7. The fraction of sp³-hybridized carbons (Fsp3) is 0.167. The van der Waals surface area contributed by atoms with Gasteiger partial charge in [-0.05, 0) is 55.5 Å². The summed E-state index contributed by atoms with van der Waals surface area (Å²) in [7, 11) is -2.86. The van der Waals surface area contributed by atoms with Crippen LogP contribution in [0.4, 0.5) is 5.69 Å². The number of sulfonamides is 1. The number of benzene rings is 3. The molecule has 0 saturated carbocycles. The van der Waals surface area contributed by atoms with Crippen molar-refractivity contribution in [3.63, 3.8) is 0 Å². The number of anilines is 1. The van der Waals surface area contributed by atoms with Crippen molar-refractivity contribution in [3.05, 3.63) is 83.4 Å². The summed E-state index contributed by atoms with van der Waals surface area (Å²) >= 11 is 0. The number of amides is 1. The summed E-state index contributed by atoms with van der Waals surface area (Å²) in [5.41, 5.74) is 5.70. The van der Waals surface area contributed by atoms with Gasteiger partial charge in [0.05, 0.1) is 35.9 Å². The number of nitriles is 1. The third kappa shape index (κ3) is 3.40. The smallest absolute Gasteiger partial charge is 0.270 e. The van der Waals surface area contributed by atoms with Gasteiger partial charge in [0.2, 0.25) is 0 Å². The predicted octanol–water partition coefficient (Wildman–Crippen LogP) is 2.90. The first-order valence-electron chi connectivity index (χ1n) is 10.1. The minimum Gasteiger partial charge on any atom is -0.497 e. The molecule has 1 aliphatic rings. The molecular formula is C24H21N3O5S. The van der Waals surface area contributed by atoms with Crippen LogP contribution in [0.5, 0.6) is 11.5 Å². The third-order valence-corrected chi connectivity index (χ3v) is 7.21. The van der Waals surface area contributed by atoms with Gasteiger partial charge in [0.15, 0.2) is 5.54 Å². The number of ether oxygens (including phenoxy) is 2. The van der Waals surface area contributed by atoms with Crippen molar-refractivity contribution in [3.8, 4) is 17.6 Å². The second kappa shape index (κ2) is 8.24. The van der Waals surface area contributed by atoms with Gasteiger partial charge in [-0.1, -0.05) is 18.2 Å². The molecule has 3 aromatic carbocycles. The number of hydrogen-bond acceptors (Lipinski definition) is 7. The molecule has 8 nitrogen and oxygen atoms in total. The maximum atomic E-state index is 13.8. The Hall–Kier alpha value is -3.87. The average molecular weight is 464 g/mol. The first kappa shape index (κ1) is 22.3. The summed E-state index contributed by atoms with van der Waals surface area (Å²) in [6.45, 7) is 2.11. The number of carbonyl (C=O) groups excluding carboxylic acids is 1. The highest BCUT2D eigenvalue weighted by molar-refractivity contribution is 7.93. The van der Waals surface area contributed by atoms with E-state index in [-0.39, 0.29) is 21.7 Å². The molecule has 1 unspecified atom stereocenters. The van der Waals surface area contributed by atoms with Gasteiger partial charge in [-0.2, -0.15) is 5.26 Å². The van der Waals surface area contributed by atoms with Crippen molar-refractivity contribution in [2.45, 2.75) is 17.4 Å². The summed E-state index contributed by atoms with van der Waals surface area (Å²) in [6.07, 6.45) is 0. The van der Waals surface area contributed by atoms with Gasteiger partial charge in [-0.3, -0.25) is 4.79 Å². The van der Waals surface area contributed by atoms with E-state index in [1.807, 2.05) is 6.07 Å². The quantitative estimate of drug-likeness (QED) is 0.596. The Balaban J connectivity index is 1.96. The largest absolute Gasteiger partial charge is 0.497 e. The molecule has 1 heterocycles. The van der Waals surface area contributed by atoms with Crippen molar-refractivity contribution in [2.75, 3.05) is 18.0 Å². The highest BCUT2D eigenvalue weighted by Gasteiger charge is 2.55. The predicted molar refractivity (Wildman–Crippen MR) is 121 cm³/mol. The van der Waals surface area contributed by atoms with E-state index in [1.54, 1.807) is 31.2 Å². The molecule has 0 spiro atoms. The van der Waals surface area contributed by atoms with E-state index in [0.717, 1.165) is 0 Å². The zero-order chi connectivity index (χ0) is 23.8. The van der Waals surface area contributed by atoms with Crippen LogP contribution < -0.4 is 19.5 Å². The lowest BCUT2D eigenvalue weighted by Crippen LogP contribution is -2.49. The summed E-state index contributed by atoms with van der Waals surface area (Å²) in [5.74, 6) is -0.0389. The molecule has 1 aliphatic heterocycles. The molecule has 0 radical (unpaired) electrons. The summed E-state index contributed by atoms with van der Waals surface area (Å²) in [6, 6.07) is 18.7. The molecule has 2 N–H and O–H groups in total. The second-order valence-electron chi connectivity index (χ2n) is 7.33. The van der Waals surface area contributed by atoms with E-state index in [1.165, 1.54) is 49.6 Å². The Labute approximate surface area is 191 Å². The van der Waals surface area contributed by atoms with Crippen molar-refractivity contribution >= 4 is 21.6 Å². The molecule has 0 aliphatic carbocycles. The number of fused-ring (bicyclic) bond motifs is 1. The van der Waals surface area contributed by atoms with Gasteiger partial charge >= 0.3 is 0 Å². The fourth-order valence-electron chi connectivity index (χ4n) is 3.91. The normalized spacial score (nSPS) is 17.4. The first-order chi connectivity index (χ1) is 15.8. The minimum atomic E-state index is -4.33. The van der Waals surface area contributed by atoms with Crippen molar-refractivity contribution in [2.24, 2.45) is 5.73 Å². The van der Waals surface area contributed by atoms with Crippen LogP contribution in [-0.4, -0.2) is 28.0 Å². The molecular weight excluding hydrogens is 442 g/mol. The van der Waals surface area contributed by atoms with Crippen molar-refractivity contribution < 1.29 is 22.7 Å². The number of para-hydroxylation sites is 1. The lowest BCUT2D eigenvalue weighted by molar-refractivity contribution is -0.120. The summed E-state index contributed by atoms with van der Waals surface area (Å²) in [4.78, 5) is 13.7. The number of nitrogens with zero attached hydrogens (tertiary/aromatic N) is 2. The maximum absolute atomic E-state index is 13.8. The molecule has 4 rings (SSSR count). The molecule has 0 bridgehead atoms. The number of methoxy groups -OCH3 is 1. The van der Waals surface area contributed by atoms with E-state index >= 15 is 0 Å². The molecule has 3 aromatic rings. The van der Waals surface area contributed by atoms with Gasteiger partial charge < -0.3 is 15.2 Å². The van der Waals surface area contributed by atoms with Crippen LogP contribution in [0.25, 0.3) is 0 Å². The monoisotopic (exact) mass is 463 g/mol. The lowest BCUT2D eigenvalue weighted by atomic mass is 9.83. The van der Waals surface area contributed by atoms with E-state index in [0.29, 0.717) is 28.0 Å². The SMILES string of the molecule is CCOc1ccccc1C1(N)C(=O)N(S(=O)(=O)c2ccc(OC)cc2)c2ccc(C#N)cc21. The number of hydrogen-bond donors (Lipinski definition) is 1. The van der Waals surface area contributed by atoms with Gasteiger partial charge in [0.25, 0.3) is 15.9 Å². The number of nitrogens with two attached hydrogens (primary N) is 1. The zero-order valence-electron chi connectivity index (χ0n) is 18.0. The standard InChI is InChI=1S/C24H21N3O5S/c1-3-32-22-7-5-4-6-19(22)24(26)20-14-16(15-25)8-13-21(20)27(23(24)28)33(29,30)18-11-9-17(31-2)10-12-18/h4-14H,3,26H2,1-2H3. The van der Waals surface area contributed by atoms with Crippen LogP contribution in [0, 0.1) is 11.3 Å². The lowest BCUT2D eigenvalue weighted by Gasteiger charge is -2.26. The Kier molecular flexibility index (Phi) is 5.57. The molecule has 33 heavy (non-hydrogen) atoms. The van der Waals surface area contributed by atoms with Crippen LogP contribution in [0.15, 0.2) is 71.6 Å². The van der Waals surface area contributed by atoms with Crippen LogP contribution in [0.2, 0.25) is 0 Å². The molecule has 9 heteroatoms. The van der Waals surface area contributed by atoms with Crippen LogP contribution in [0.1, 0.15) is 23.6 Å². The third-order valence-electron chi connectivity index (χ3n) is 5.50. The molecule has 1 amide bonds. The second-order valence-corrected chi connectivity index (χ2v) is 9.12. The Morgan fingerprint density at radius 3 is 2.39 bits per heavy atom. The van der Waals surface area contributed by atoms with E-state index in [9.17, 15) is 18.5 Å². The van der Waals surface area contributed by atoms with Gasteiger partial charge in [-0.15, -0.1) is 0 Å². The molecule has 0 saturated heterocycles. The number of carbonyl (C=O) groups is 1. The van der Waals surface area contributed by atoms with Gasteiger partial charge in [0.1, 0.15) is 11.5 Å². The Morgan fingerprint density at radius 1 is 1.06 bits per heavy atom. The first-order valence-corrected chi connectivity index (χ1v) is 11.5. The highest BCUT2D eigenvalue weighted by Crippen LogP contribution is 2.47. The number of rotatable bonds is 6. The fourth-order valence-corrected chi connectivity index (χ4v) is 5.38. The molecule has 0 aromatic heterocycles. The van der Waals surface area contributed by atoms with Crippen LogP contribution in [-0.2, 0) is 20.4 Å². The van der Waals surface area contributed by atoms with Crippen LogP contribution in [0.3, 0.4) is 0 Å². The minimum absolute atomic E-state index is 0.0867.